The Labute approximate surface area is 114 Å². The zero-order chi connectivity index (χ0) is 12.8. The van der Waals surface area contributed by atoms with Crippen molar-refractivity contribution in [1.29, 1.82) is 0 Å². The van der Waals surface area contributed by atoms with Crippen LogP contribution in [0.25, 0.3) is 0 Å². The first-order chi connectivity index (χ1) is 8.79. The van der Waals surface area contributed by atoms with E-state index in [1.165, 1.54) is 0 Å². The maximum absolute atomic E-state index is 12.3. The van der Waals surface area contributed by atoms with E-state index in [1.807, 2.05) is 16.7 Å². The fourth-order valence-electron chi connectivity index (χ4n) is 2.53. The van der Waals surface area contributed by atoms with E-state index in [4.69, 9.17) is 4.74 Å². The van der Waals surface area contributed by atoms with E-state index in [-0.39, 0.29) is 12.0 Å². The van der Waals surface area contributed by atoms with Gasteiger partial charge < -0.3 is 15.0 Å². The lowest BCUT2D eigenvalue weighted by Crippen LogP contribution is -2.44. The average Bonchev–Trinajstić information content (AvgIpc) is 2.90. The van der Waals surface area contributed by atoms with Crippen molar-refractivity contribution in [2.45, 2.75) is 38.3 Å². The standard InChI is InChI=1S/C13H24N2O2S/c1-2-15(9-12-4-3-6-17-12)13(16)8-11-10-18-7-5-14-11/h11-12,14H,2-10H2,1H3. The lowest BCUT2D eigenvalue weighted by molar-refractivity contribution is -0.133. The smallest absolute Gasteiger partial charge is 0.224 e. The molecule has 5 heteroatoms. The van der Waals surface area contributed by atoms with Gasteiger partial charge in [0.25, 0.3) is 0 Å². The summed E-state index contributed by atoms with van der Waals surface area (Å²) in [5.74, 6) is 2.49. The number of hydrogen-bond acceptors (Lipinski definition) is 4. The number of rotatable bonds is 5. The first-order valence-corrected chi connectivity index (χ1v) is 8.15. The van der Waals surface area contributed by atoms with Crippen LogP contribution in [0.5, 0.6) is 0 Å². The second-order valence-corrected chi connectivity index (χ2v) is 6.15. The van der Waals surface area contributed by atoms with Gasteiger partial charge in [-0.15, -0.1) is 0 Å². The van der Waals surface area contributed by atoms with Crippen LogP contribution in [0, 0.1) is 0 Å². The lowest BCUT2D eigenvalue weighted by Gasteiger charge is -2.28. The minimum absolute atomic E-state index is 0.266. The van der Waals surface area contributed by atoms with Gasteiger partial charge in [0.2, 0.25) is 5.91 Å². The fraction of sp³-hybridized carbons (Fsp3) is 0.923. The molecular formula is C13H24N2O2S. The molecule has 4 nitrogen and oxygen atoms in total. The molecule has 2 aliphatic rings. The van der Waals surface area contributed by atoms with Gasteiger partial charge >= 0.3 is 0 Å². The van der Waals surface area contributed by atoms with Gasteiger partial charge in [-0.1, -0.05) is 0 Å². The maximum Gasteiger partial charge on any atom is 0.224 e. The predicted octanol–water partition coefficient (Wildman–Crippen LogP) is 1.11. The van der Waals surface area contributed by atoms with Gasteiger partial charge in [0.05, 0.1) is 6.10 Å². The first kappa shape index (κ1) is 14.2. The van der Waals surface area contributed by atoms with Crippen molar-refractivity contribution >= 4 is 17.7 Å². The van der Waals surface area contributed by atoms with Crippen molar-refractivity contribution in [3.8, 4) is 0 Å². The molecule has 2 unspecified atom stereocenters. The Bertz CT molecular complexity index is 264. The van der Waals surface area contributed by atoms with Crippen LogP contribution in [0.1, 0.15) is 26.2 Å². The topological polar surface area (TPSA) is 41.6 Å². The molecule has 0 aliphatic carbocycles. The zero-order valence-corrected chi connectivity index (χ0v) is 12.0. The second-order valence-electron chi connectivity index (χ2n) is 5.00. The molecule has 0 saturated carbocycles. The van der Waals surface area contributed by atoms with Gasteiger partial charge in [0.1, 0.15) is 0 Å². The number of nitrogens with zero attached hydrogens (tertiary/aromatic N) is 1. The summed E-state index contributed by atoms with van der Waals surface area (Å²) in [4.78, 5) is 14.2. The predicted molar refractivity (Wildman–Crippen MR) is 75.0 cm³/mol. The molecule has 2 rings (SSSR count). The number of nitrogens with one attached hydrogen (secondary N) is 1. The van der Waals surface area contributed by atoms with Crippen LogP contribution >= 0.6 is 11.8 Å². The van der Waals surface area contributed by atoms with Gasteiger partial charge in [-0.3, -0.25) is 4.79 Å². The second kappa shape index (κ2) is 7.36. The molecular weight excluding hydrogens is 248 g/mol. The molecule has 2 saturated heterocycles. The largest absolute Gasteiger partial charge is 0.376 e. The molecule has 0 bridgehead atoms. The highest BCUT2D eigenvalue weighted by Crippen LogP contribution is 2.15. The molecule has 2 aliphatic heterocycles. The van der Waals surface area contributed by atoms with Crippen molar-refractivity contribution in [2.75, 3.05) is 37.7 Å². The van der Waals surface area contributed by atoms with Crippen LogP contribution in [0.15, 0.2) is 0 Å². The van der Waals surface area contributed by atoms with Gasteiger partial charge in [-0.05, 0) is 19.8 Å². The Morgan fingerprint density at radius 1 is 1.56 bits per heavy atom. The molecule has 2 atom stereocenters. The van der Waals surface area contributed by atoms with E-state index in [0.29, 0.717) is 12.5 Å². The zero-order valence-electron chi connectivity index (χ0n) is 11.2. The third-order valence-electron chi connectivity index (χ3n) is 3.60. The summed E-state index contributed by atoms with van der Waals surface area (Å²) in [5, 5.41) is 3.42. The number of amides is 1. The SMILES string of the molecule is CCN(CC1CCCO1)C(=O)CC1CSCCN1. The monoisotopic (exact) mass is 272 g/mol. The Kier molecular flexibility index (Phi) is 5.79. The molecule has 0 aromatic heterocycles. The van der Waals surface area contributed by atoms with Gasteiger partial charge in [0.15, 0.2) is 0 Å². The number of likely N-dealkylation sites (N-methyl/N-ethyl adjacent to an activating group) is 1. The van der Waals surface area contributed by atoms with E-state index in [9.17, 15) is 4.79 Å². The highest BCUT2D eigenvalue weighted by molar-refractivity contribution is 7.99. The highest BCUT2D eigenvalue weighted by Gasteiger charge is 2.24. The minimum atomic E-state index is 0.266. The number of thioether (sulfide) groups is 1. The van der Waals surface area contributed by atoms with Crippen molar-refractivity contribution in [1.82, 2.24) is 10.2 Å². The summed E-state index contributed by atoms with van der Waals surface area (Å²) in [6.07, 6.45) is 3.13. The molecule has 104 valence electrons. The van der Waals surface area contributed by atoms with E-state index in [0.717, 1.165) is 50.6 Å². The Morgan fingerprint density at radius 2 is 2.44 bits per heavy atom. The van der Waals surface area contributed by atoms with Crippen molar-refractivity contribution < 1.29 is 9.53 Å². The third kappa shape index (κ3) is 4.14. The number of hydrogen-bond donors (Lipinski definition) is 1. The molecule has 0 aromatic carbocycles. The molecule has 1 N–H and O–H groups in total. The van der Waals surface area contributed by atoms with Crippen LogP contribution in [0.2, 0.25) is 0 Å². The van der Waals surface area contributed by atoms with Gasteiger partial charge in [0, 0.05) is 50.2 Å². The molecule has 2 fully saturated rings. The molecule has 0 aromatic rings. The molecule has 0 spiro atoms. The van der Waals surface area contributed by atoms with Crippen LogP contribution in [-0.4, -0.2) is 60.7 Å². The average molecular weight is 272 g/mol. The van der Waals surface area contributed by atoms with Crippen LogP contribution < -0.4 is 5.32 Å². The van der Waals surface area contributed by atoms with Crippen molar-refractivity contribution in [3.63, 3.8) is 0 Å². The summed E-state index contributed by atoms with van der Waals surface area (Å²) >= 11 is 1.94. The van der Waals surface area contributed by atoms with Crippen LogP contribution in [0.3, 0.4) is 0 Å². The third-order valence-corrected chi connectivity index (χ3v) is 4.73. The summed E-state index contributed by atoms with van der Waals surface area (Å²) < 4.78 is 5.61. The fourth-order valence-corrected chi connectivity index (χ4v) is 3.48. The van der Waals surface area contributed by atoms with Crippen LogP contribution in [0.4, 0.5) is 0 Å². The van der Waals surface area contributed by atoms with Crippen molar-refractivity contribution in [2.24, 2.45) is 0 Å². The summed E-state index contributed by atoms with van der Waals surface area (Å²) in [6, 6.07) is 0.356. The number of carbonyl (C=O) groups excluding carboxylic acids is 1. The maximum atomic E-state index is 12.3. The summed E-state index contributed by atoms with van der Waals surface area (Å²) in [5.41, 5.74) is 0. The van der Waals surface area contributed by atoms with E-state index >= 15 is 0 Å². The van der Waals surface area contributed by atoms with E-state index < -0.39 is 0 Å². The molecule has 1 amide bonds. The first-order valence-electron chi connectivity index (χ1n) is 7.00. The minimum Gasteiger partial charge on any atom is -0.376 e. The van der Waals surface area contributed by atoms with Crippen molar-refractivity contribution in [3.05, 3.63) is 0 Å². The number of ether oxygens (including phenoxy) is 1. The van der Waals surface area contributed by atoms with E-state index in [2.05, 4.69) is 12.2 Å². The van der Waals surface area contributed by atoms with Crippen LogP contribution in [-0.2, 0) is 9.53 Å². The normalized spacial score (nSPS) is 28.3. The summed E-state index contributed by atoms with van der Waals surface area (Å²) in [6.45, 7) is 5.50. The lowest BCUT2D eigenvalue weighted by atomic mass is 10.2. The molecule has 2 heterocycles. The molecule has 18 heavy (non-hydrogen) atoms. The van der Waals surface area contributed by atoms with Gasteiger partial charge in [-0.2, -0.15) is 11.8 Å². The summed E-state index contributed by atoms with van der Waals surface area (Å²) in [7, 11) is 0. The van der Waals surface area contributed by atoms with E-state index in [1.54, 1.807) is 0 Å². The quantitative estimate of drug-likeness (QED) is 0.814. The Morgan fingerprint density at radius 3 is 3.06 bits per heavy atom. The highest BCUT2D eigenvalue weighted by atomic mass is 32.2. The number of carbonyl (C=O) groups is 1. The Balaban J connectivity index is 1.76. The van der Waals surface area contributed by atoms with Gasteiger partial charge in [-0.25, -0.2) is 0 Å². The molecule has 0 radical (unpaired) electrons. The Hall–Kier alpha value is -0.260.